The van der Waals surface area contributed by atoms with E-state index in [-0.39, 0.29) is 17.2 Å². The number of hydrogen-bond acceptors (Lipinski definition) is 4. The van der Waals surface area contributed by atoms with E-state index in [0.29, 0.717) is 5.75 Å². The average molecular weight is 317 g/mol. The Balaban J connectivity index is 3.00. The number of carbonyl (C=O) groups excluding carboxylic acids is 2. The van der Waals surface area contributed by atoms with Crippen molar-refractivity contribution in [2.75, 3.05) is 5.75 Å². The fourth-order valence-corrected chi connectivity index (χ4v) is 3.87. The highest BCUT2D eigenvalue weighted by molar-refractivity contribution is 8.00. The van der Waals surface area contributed by atoms with Gasteiger partial charge in [-0.3, -0.25) is 4.79 Å². The van der Waals surface area contributed by atoms with Gasteiger partial charge < -0.3 is 21.1 Å². The van der Waals surface area contributed by atoms with Gasteiger partial charge in [0.1, 0.15) is 12.1 Å². The lowest BCUT2D eigenvalue weighted by molar-refractivity contribution is -0.150. The number of nitrogens with one attached hydrogen (secondary N) is 1. The van der Waals surface area contributed by atoms with Gasteiger partial charge in [0.15, 0.2) is 0 Å². The Kier molecular flexibility index (Phi) is 6.32. The van der Waals surface area contributed by atoms with Crippen LogP contribution in [0.1, 0.15) is 33.6 Å². The van der Waals surface area contributed by atoms with Crippen LogP contribution in [-0.4, -0.2) is 51.1 Å². The maximum atomic E-state index is 12.7. The van der Waals surface area contributed by atoms with Gasteiger partial charge in [0.05, 0.1) is 5.37 Å². The van der Waals surface area contributed by atoms with Crippen LogP contribution in [0.15, 0.2) is 0 Å². The Morgan fingerprint density at radius 1 is 1.43 bits per heavy atom. The van der Waals surface area contributed by atoms with Gasteiger partial charge in [-0.25, -0.2) is 9.59 Å². The lowest BCUT2D eigenvalue weighted by atomic mass is 10.0. The number of nitrogens with two attached hydrogens (primary N) is 1. The molecule has 8 heteroatoms. The number of amides is 3. The highest BCUT2D eigenvalue weighted by atomic mass is 32.2. The quantitative estimate of drug-likeness (QED) is 0.672. The molecule has 1 fully saturated rings. The molecule has 1 aliphatic rings. The van der Waals surface area contributed by atoms with Gasteiger partial charge >= 0.3 is 12.0 Å². The number of aliphatic carboxylic acids is 1. The van der Waals surface area contributed by atoms with E-state index in [4.69, 9.17) is 5.73 Å². The maximum Gasteiger partial charge on any atom is 0.327 e. The number of hydrogen-bond donors (Lipinski definition) is 3. The lowest BCUT2D eigenvalue weighted by Gasteiger charge is -2.32. The van der Waals surface area contributed by atoms with E-state index in [9.17, 15) is 19.5 Å². The van der Waals surface area contributed by atoms with Gasteiger partial charge in [-0.05, 0) is 12.3 Å². The number of urea groups is 1. The molecule has 0 aromatic carbocycles. The fraction of sp³-hybridized carbons (Fsp3) is 0.769. The smallest absolute Gasteiger partial charge is 0.327 e. The first-order valence-electron chi connectivity index (χ1n) is 7.02. The normalized spacial score (nSPS) is 23.1. The Morgan fingerprint density at radius 3 is 2.48 bits per heavy atom. The molecule has 1 saturated heterocycles. The highest BCUT2D eigenvalue weighted by Gasteiger charge is 2.44. The summed E-state index contributed by atoms with van der Waals surface area (Å²) < 4.78 is 0. The lowest BCUT2D eigenvalue weighted by Crippen LogP contribution is -2.56. The zero-order chi connectivity index (χ0) is 16.2. The number of rotatable bonds is 6. The van der Waals surface area contributed by atoms with Crippen LogP contribution in [0.2, 0.25) is 0 Å². The summed E-state index contributed by atoms with van der Waals surface area (Å²) in [7, 11) is 0. The number of thioether (sulfide) groups is 1. The Bertz CT molecular complexity index is 416. The molecule has 120 valence electrons. The molecule has 1 rings (SSSR count). The van der Waals surface area contributed by atoms with Crippen molar-refractivity contribution in [3.63, 3.8) is 0 Å². The third kappa shape index (κ3) is 4.26. The van der Waals surface area contributed by atoms with Crippen LogP contribution in [0.5, 0.6) is 0 Å². The van der Waals surface area contributed by atoms with Gasteiger partial charge in [0, 0.05) is 5.75 Å². The van der Waals surface area contributed by atoms with Gasteiger partial charge in [-0.15, -0.1) is 11.8 Å². The zero-order valence-electron chi connectivity index (χ0n) is 12.5. The minimum Gasteiger partial charge on any atom is -0.480 e. The molecule has 1 heterocycles. The van der Waals surface area contributed by atoms with Gasteiger partial charge in [-0.2, -0.15) is 0 Å². The number of nitrogens with zero attached hydrogens (tertiary/aromatic N) is 1. The first-order chi connectivity index (χ1) is 9.79. The largest absolute Gasteiger partial charge is 0.480 e. The van der Waals surface area contributed by atoms with Crippen molar-refractivity contribution in [2.45, 2.75) is 51.1 Å². The molecule has 0 radical (unpaired) electrons. The Hall–Kier alpha value is -1.44. The minimum atomic E-state index is -1.02. The number of carboxylic acid groups (broad SMARTS) is 1. The van der Waals surface area contributed by atoms with E-state index in [0.717, 1.165) is 12.8 Å². The molecular weight excluding hydrogens is 294 g/mol. The molecule has 3 amide bonds. The van der Waals surface area contributed by atoms with Crippen molar-refractivity contribution in [2.24, 2.45) is 11.7 Å². The molecule has 4 N–H and O–H groups in total. The summed E-state index contributed by atoms with van der Waals surface area (Å²) in [5, 5.41) is 11.6. The predicted molar refractivity (Wildman–Crippen MR) is 80.8 cm³/mol. The van der Waals surface area contributed by atoms with Crippen molar-refractivity contribution < 1.29 is 19.5 Å². The Labute approximate surface area is 128 Å². The molecule has 0 aromatic heterocycles. The van der Waals surface area contributed by atoms with Crippen LogP contribution < -0.4 is 11.1 Å². The van der Waals surface area contributed by atoms with Crippen molar-refractivity contribution in [1.29, 1.82) is 0 Å². The molecule has 1 aliphatic heterocycles. The summed E-state index contributed by atoms with van der Waals surface area (Å²) in [6, 6.07) is -2.44. The van der Waals surface area contributed by atoms with Crippen molar-refractivity contribution in [1.82, 2.24) is 10.2 Å². The second kappa shape index (κ2) is 7.53. The predicted octanol–water partition coefficient (Wildman–Crippen LogP) is 0.834. The monoisotopic (exact) mass is 317 g/mol. The Morgan fingerprint density at radius 2 is 2.05 bits per heavy atom. The van der Waals surface area contributed by atoms with E-state index >= 15 is 0 Å². The standard InChI is InChI=1S/C13H23N3O4S/c1-4-5-9-16(8(6-21-9)12(18)19)11(17)10(7(2)3)15-13(14)20/h7-10H,4-6H2,1-3H3,(H,18,19)(H3,14,15,20). The van der Waals surface area contributed by atoms with Crippen LogP contribution in [0.3, 0.4) is 0 Å². The van der Waals surface area contributed by atoms with Crippen LogP contribution in [0.25, 0.3) is 0 Å². The molecule has 0 bridgehead atoms. The first-order valence-corrected chi connectivity index (χ1v) is 8.07. The van der Waals surface area contributed by atoms with Crippen LogP contribution in [-0.2, 0) is 9.59 Å². The van der Waals surface area contributed by atoms with E-state index in [2.05, 4.69) is 5.32 Å². The van der Waals surface area contributed by atoms with Crippen molar-refractivity contribution in [3.05, 3.63) is 0 Å². The van der Waals surface area contributed by atoms with Gasteiger partial charge in [-0.1, -0.05) is 27.2 Å². The maximum absolute atomic E-state index is 12.7. The molecule has 0 saturated carbocycles. The second-order valence-corrected chi connectivity index (χ2v) is 6.62. The average Bonchev–Trinajstić information content (AvgIpc) is 2.79. The number of primary amides is 1. The summed E-state index contributed by atoms with van der Waals surface area (Å²) in [6.07, 6.45) is 1.57. The summed E-state index contributed by atoms with van der Waals surface area (Å²) in [4.78, 5) is 36.5. The van der Waals surface area contributed by atoms with E-state index < -0.39 is 24.1 Å². The second-order valence-electron chi connectivity index (χ2n) is 5.41. The SMILES string of the molecule is CCCC1SCC(C(=O)O)N1C(=O)C(NC(N)=O)C(C)C. The van der Waals surface area contributed by atoms with Crippen LogP contribution in [0.4, 0.5) is 4.79 Å². The van der Waals surface area contributed by atoms with Gasteiger partial charge in [0.25, 0.3) is 0 Å². The molecule has 0 aromatic rings. The molecule has 3 unspecified atom stereocenters. The molecule has 21 heavy (non-hydrogen) atoms. The topological polar surface area (TPSA) is 113 Å². The molecule has 3 atom stereocenters. The van der Waals surface area contributed by atoms with Crippen molar-refractivity contribution >= 4 is 29.7 Å². The van der Waals surface area contributed by atoms with Crippen molar-refractivity contribution in [3.8, 4) is 0 Å². The van der Waals surface area contributed by atoms with Crippen LogP contribution >= 0.6 is 11.8 Å². The van der Waals surface area contributed by atoms with Gasteiger partial charge in [0.2, 0.25) is 5.91 Å². The highest BCUT2D eigenvalue weighted by Crippen LogP contribution is 2.33. The number of carboxylic acids is 1. The van der Waals surface area contributed by atoms with E-state index in [1.807, 2.05) is 6.92 Å². The minimum absolute atomic E-state index is 0.167. The third-order valence-electron chi connectivity index (χ3n) is 3.40. The molecule has 7 nitrogen and oxygen atoms in total. The molecule has 0 spiro atoms. The summed E-state index contributed by atoms with van der Waals surface area (Å²) in [5.41, 5.74) is 5.11. The van der Waals surface area contributed by atoms with Crippen LogP contribution in [0, 0.1) is 5.92 Å². The number of carbonyl (C=O) groups is 3. The third-order valence-corrected chi connectivity index (χ3v) is 4.75. The molecule has 0 aliphatic carbocycles. The fourth-order valence-electron chi connectivity index (χ4n) is 2.35. The molecular formula is C13H23N3O4S. The summed E-state index contributed by atoms with van der Waals surface area (Å²) in [5.74, 6) is -1.20. The van der Waals surface area contributed by atoms with E-state index in [1.54, 1.807) is 13.8 Å². The first kappa shape index (κ1) is 17.6. The summed E-state index contributed by atoms with van der Waals surface area (Å²) in [6.45, 7) is 5.55. The van der Waals surface area contributed by atoms with E-state index in [1.165, 1.54) is 16.7 Å². The zero-order valence-corrected chi connectivity index (χ0v) is 13.4. The summed E-state index contributed by atoms with van der Waals surface area (Å²) >= 11 is 1.47.